The van der Waals surface area contributed by atoms with Crippen molar-refractivity contribution >= 4 is 5.52 Å². The molecule has 15 heavy (non-hydrogen) atoms. The lowest BCUT2D eigenvalue weighted by atomic mass is 9.92. The van der Waals surface area contributed by atoms with E-state index in [-0.39, 0.29) is 0 Å². The molecule has 2 rings (SSSR count). The first-order chi connectivity index (χ1) is 7.36. The SMILES string of the molecule is CCCC(CC)c1cccn2nccc12. The Morgan fingerprint density at radius 1 is 1.33 bits per heavy atom. The molecule has 0 aliphatic heterocycles. The van der Waals surface area contributed by atoms with E-state index in [1.54, 1.807) is 0 Å². The molecule has 2 aromatic heterocycles. The Balaban J connectivity index is 2.44. The van der Waals surface area contributed by atoms with Gasteiger partial charge in [-0.1, -0.05) is 26.3 Å². The number of rotatable bonds is 4. The third-order valence-corrected chi connectivity index (χ3v) is 3.04. The minimum atomic E-state index is 0.676. The standard InChI is InChI=1S/C13H18N2/c1-3-6-11(4-2)12-7-5-10-15-13(12)8-9-14-15/h5,7-11H,3-4,6H2,1-2H3. The van der Waals surface area contributed by atoms with Crippen LogP contribution in [0.25, 0.3) is 5.52 Å². The van der Waals surface area contributed by atoms with Crippen LogP contribution >= 0.6 is 0 Å². The van der Waals surface area contributed by atoms with Crippen LogP contribution in [-0.4, -0.2) is 9.61 Å². The third-order valence-electron chi connectivity index (χ3n) is 3.04. The summed E-state index contributed by atoms with van der Waals surface area (Å²) in [5.74, 6) is 0.676. The van der Waals surface area contributed by atoms with E-state index in [4.69, 9.17) is 0 Å². The largest absolute Gasteiger partial charge is 0.241 e. The van der Waals surface area contributed by atoms with Crippen LogP contribution in [0.4, 0.5) is 0 Å². The maximum absolute atomic E-state index is 4.27. The van der Waals surface area contributed by atoms with Gasteiger partial charge in [0.2, 0.25) is 0 Å². The van der Waals surface area contributed by atoms with Crippen molar-refractivity contribution in [3.8, 4) is 0 Å². The van der Waals surface area contributed by atoms with Gasteiger partial charge in [0.1, 0.15) is 0 Å². The van der Waals surface area contributed by atoms with Crippen molar-refractivity contribution < 1.29 is 0 Å². The average Bonchev–Trinajstić information content (AvgIpc) is 2.73. The Kier molecular flexibility index (Phi) is 3.05. The van der Waals surface area contributed by atoms with E-state index >= 15 is 0 Å². The molecule has 80 valence electrons. The van der Waals surface area contributed by atoms with Crippen molar-refractivity contribution in [2.45, 2.75) is 39.0 Å². The molecule has 0 aliphatic rings. The minimum absolute atomic E-state index is 0.676. The molecule has 2 heteroatoms. The van der Waals surface area contributed by atoms with Gasteiger partial charge in [0.25, 0.3) is 0 Å². The van der Waals surface area contributed by atoms with Crippen LogP contribution in [0.3, 0.4) is 0 Å². The predicted octanol–water partition coefficient (Wildman–Crippen LogP) is 3.63. The first-order valence-electron chi connectivity index (χ1n) is 5.79. The van der Waals surface area contributed by atoms with E-state index in [1.165, 1.54) is 30.3 Å². The van der Waals surface area contributed by atoms with Crippen molar-refractivity contribution in [2.75, 3.05) is 0 Å². The van der Waals surface area contributed by atoms with E-state index in [0.29, 0.717) is 5.92 Å². The van der Waals surface area contributed by atoms with Crippen LogP contribution < -0.4 is 0 Å². The van der Waals surface area contributed by atoms with Crippen LogP contribution in [0.5, 0.6) is 0 Å². The topological polar surface area (TPSA) is 17.3 Å². The summed E-state index contributed by atoms with van der Waals surface area (Å²) in [6, 6.07) is 6.43. The molecular formula is C13H18N2. The van der Waals surface area contributed by atoms with Gasteiger partial charge < -0.3 is 0 Å². The number of fused-ring (bicyclic) bond motifs is 1. The Labute approximate surface area is 90.9 Å². The summed E-state index contributed by atoms with van der Waals surface area (Å²) in [7, 11) is 0. The van der Waals surface area contributed by atoms with Crippen LogP contribution in [0, 0.1) is 0 Å². The maximum atomic E-state index is 4.27. The highest BCUT2D eigenvalue weighted by Gasteiger charge is 2.11. The fourth-order valence-corrected chi connectivity index (χ4v) is 2.25. The Hall–Kier alpha value is -1.31. The molecular weight excluding hydrogens is 184 g/mol. The van der Waals surface area contributed by atoms with Gasteiger partial charge in [-0.25, -0.2) is 4.52 Å². The molecule has 0 aliphatic carbocycles. The summed E-state index contributed by atoms with van der Waals surface area (Å²) in [6.45, 7) is 4.51. The summed E-state index contributed by atoms with van der Waals surface area (Å²) >= 11 is 0. The molecule has 0 radical (unpaired) electrons. The molecule has 1 unspecified atom stereocenters. The molecule has 0 amide bonds. The molecule has 2 nitrogen and oxygen atoms in total. The summed E-state index contributed by atoms with van der Waals surface area (Å²) < 4.78 is 1.97. The minimum Gasteiger partial charge on any atom is -0.241 e. The number of hydrogen-bond donors (Lipinski definition) is 0. The lowest BCUT2D eigenvalue weighted by Crippen LogP contribution is -2.00. The van der Waals surface area contributed by atoms with Crippen molar-refractivity contribution in [3.05, 3.63) is 36.2 Å². The van der Waals surface area contributed by atoms with Gasteiger partial charge in [0, 0.05) is 12.4 Å². The van der Waals surface area contributed by atoms with E-state index in [0.717, 1.165) is 0 Å². The normalized spacial score (nSPS) is 13.2. The lowest BCUT2D eigenvalue weighted by Gasteiger charge is -2.15. The fraction of sp³-hybridized carbons (Fsp3) is 0.462. The molecule has 0 fully saturated rings. The van der Waals surface area contributed by atoms with E-state index in [1.807, 2.05) is 16.9 Å². The van der Waals surface area contributed by atoms with Gasteiger partial charge in [-0.15, -0.1) is 0 Å². The second kappa shape index (κ2) is 4.47. The lowest BCUT2D eigenvalue weighted by molar-refractivity contribution is 0.597. The zero-order chi connectivity index (χ0) is 10.7. The monoisotopic (exact) mass is 202 g/mol. The second-order valence-corrected chi connectivity index (χ2v) is 4.02. The van der Waals surface area contributed by atoms with Crippen molar-refractivity contribution in [1.29, 1.82) is 0 Å². The van der Waals surface area contributed by atoms with E-state index in [2.05, 4.69) is 37.1 Å². The Morgan fingerprint density at radius 2 is 2.20 bits per heavy atom. The smallest absolute Gasteiger partial charge is 0.0696 e. The zero-order valence-corrected chi connectivity index (χ0v) is 9.48. The molecule has 2 heterocycles. The molecule has 2 aromatic rings. The number of aromatic nitrogens is 2. The van der Waals surface area contributed by atoms with E-state index in [9.17, 15) is 0 Å². The molecule has 0 spiro atoms. The summed E-state index contributed by atoms with van der Waals surface area (Å²) in [5.41, 5.74) is 2.71. The molecule has 0 saturated heterocycles. The highest BCUT2D eigenvalue weighted by Crippen LogP contribution is 2.27. The summed E-state index contributed by atoms with van der Waals surface area (Å²) in [4.78, 5) is 0. The molecule has 0 saturated carbocycles. The van der Waals surface area contributed by atoms with Crippen molar-refractivity contribution in [2.24, 2.45) is 0 Å². The number of nitrogens with zero attached hydrogens (tertiary/aromatic N) is 2. The predicted molar refractivity (Wildman–Crippen MR) is 63.1 cm³/mol. The highest BCUT2D eigenvalue weighted by atomic mass is 15.2. The molecule has 0 bridgehead atoms. The quantitative estimate of drug-likeness (QED) is 0.740. The van der Waals surface area contributed by atoms with Gasteiger partial charge in [-0.3, -0.25) is 0 Å². The molecule has 0 aromatic carbocycles. The average molecular weight is 202 g/mol. The van der Waals surface area contributed by atoms with Gasteiger partial charge in [-0.2, -0.15) is 5.10 Å². The molecule has 1 atom stereocenters. The van der Waals surface area contributed by atoms with Gasteiger partial charge >= 0.3 is 0 Å². The number of pyridine rings is 1. The first kappa shape index (κ1) is 10.2. The van der Waals surface area contributed by atoms with Crippen molar-refractivity contribution in [1.82, 2.24) is 9.61 Å². The number of hydrogen-bond acceptors (Lipinski definition) is 1. The zero-order valence-electron chi connectivity index (χ0n) is 9.48. The third kappa shape index (κ3) is 1.89. The van der Waals surface area contributed by atoms with Crippen molar-refractivity contribution in [3.63, 3.8) is 0 Å². The van der Waals surface area contributed by atoms with Gasteiger partial charge in [0.15, 0.2) is 0 Å². The van der Waals surface area contributed by atoms with E-state index < -0.39 is 0 Å². The highest BCUT2D eigenvalue weighted by molar-refractivity contribution is 5.55. The molecule has 0 N–H and O–H groups in total. The van der Waals surface area contributed by atoms with Crippen LogP contribution in [0.2, 0.25) is 0 Å². The summed E-state index contributed by atoms with van der Waals surface area (Å²) in [6.07, 6.45) is 7.60. The van der Waals surface area contributed by atoms with Gasteiger partial charge in [-0.05, 0) is 36.5 Å². The Morgan fingerprint density at radius 3 is 2.93 bits per heavy atom. The van der Waals surface area contributed by atoms with Crippen LogP contribution in [-0.2, 0) is 0 Å². The van der Waals surface area contributed by atoms with Crippen LogP contribution in [0.1, 0.15) is 44.6 Å². The summed E-state index contributed by atoms with van der Waals surface area (Å²) in [5, 5.41) is 4.27. The van der Waals surface area contributed by atoms with Crippen LogP contribution in [0.15, 0.2) is 30.6 Å². The van der Waals surface area contributed by atoms with Gasteiger partial charge in [0.05, 0.1) is 5.52 Å². The fourth-order valence-electron chi connectivity index (χ4n) is 2.25. The Bertz CT molecular complexity index is 431. The first-order valence-corrected chi connectivity index (χ1v) is 5.79. The maximum Gasteiger partial charge on any atom is 0.0696 e. The second-order valence-electron chi connectivity index (χ2n) is 4.02.